The Hall–Kier alpha value is -0.0800. The third-order valence-electron chi connectivity index (χ3n) is 2.43. The van der Waals surface area contributed by atoms with Crippen molar-refractivity contribution in [1.29, 1.82) is 0 Å². The molecule has 1 N–H and O–H groups in total. The Bertz CT molecular complexity index is 106. The summed E-state index contributed by atoms with van der Waals surface area (Å²) in [7, 11) is 1.79. The molecule has 0 aliphatic carbocycles. The van der Waals surface area contributed by atoms with Crippen molar-refractivity contribution in [3.8, 4) is 0 Å². The molecule has 1 heterocycles. The van der Waals surface area contributed by atoms with Crippen LogP contribution >= 0.6 is 0 Å². The molecule has 0 aromatic heterocycles. The fraction of sp³-hybridized carbons (Fsp3) is 1.00. The predicted octanol–water partition coefficient (Wildman–Crippen LogP) is 1.41. The molecule has 1 aliphatic heterocycles. The molecule has 1 unspecified atom stereocenters. The Morgan fingerprint density at radius 2 is 2.27 bits per heavy atom. The topological polar surface area (TPSA) is 21.3 Å². The molecule has 0 aromatic rings. The number of hydrogen-bond donors (Lipinski definition) is 1. The average molecular weight is 157 g/mol. The zero-order valence-electron chi connectivity index (χ0n) is 7.65. The molecule has 0 amide bonds. The van der Waals surface area contributed by atoms with Crippen LogP contribution in [0, 0.1) is 5.41 Å². The Kier molecular flexibility index (Phi) is 3.34. The maximum atomic E-state index is 5.20. The number of rotatable bonds is 2. The Labute approximate surface area is 69.3 Å². The third-order valence-corrected chi connectivity index (χ3v) is 2.43. The fourth-order valence-electron chi connectivity index (χ4n) is 1.75. The molecule has 0 radical (unpaired) electrons. The van der Waals surface area contributed by atoms with Crippen LogP contribution in [-0.4, -0.2) is 26.8 Å². The first kappa shape index (κ1) is 9.01. The van der Waals surface area contributed by atoms with Crippen molar-refractivity contribution < 1.29 is 4.74 Å². The fourth-order valence-corrected chi connectivity index (χ4v) is 1.75. The number of nitrogens with one attached hydrogen (secondary N) is 1. The Morgan fingerprint density at radius 3 is 3.00 bits per heavy atom. The summed E-state index contributed by atoms with van der Waals surface area (Å²) in [5.41, 5.74) is 0.380. The van der Waals surface area contributed by atoms with Crippen LogP contribution in [-0.2, 0) is 4.74 Å². The first-order valence-corrected chi connectivity index (χ1v) is 4.46. The summed E-state index contributed by atoms with van der Waals surface area (Å²) in [5, 5.41) is 3.44. The lowest BCUT2D eigenvalue weighted by atomic mass is 9.87. The van der Waals surface area contributed by atoms with Gasteiger partial charge in [0.25, 0.3) is 0 Å². The van der Waals surface area contributed by atoms with Gasteiger partial charge >= 0.3 is 0 Å². The predicted molar refractivity (Wildman–Crippen MR) is 46.7 cm³/mol. The molecule has 2 heteroatoms. The van der Waals surface area contributed by atoms with Crippen molar-refractivity contribution in [2.75, 3.05) is 26.8 Å². The second-order valence-electron chi connectivity index (χ2n) is 3.88. The highest BCUT2D eigenvalue weighted by Crippen LogP contribution is 2.25. The van der Waals surface area contributed by atoms with Crippen LogP contribution in [0.15, 0.2) is 0 Å². The maximum absolute atomic E-state index is 5.20. The van der Waals surface area contributed by atoms with Gasteiger partial charge in [0.1, 0.15) is 0 Å². The largest absolute Gasteiger partial charge is 0.384 e. The van der Waals surface area contributed by atoms with Crippen molar-refractivity contribution in [2.24, 2.45) is 5.41 Å². The molecule has 11 heavy (non-hydrogen) atoms. The van der Waals surface area contributed by atoms with E-state index in [1.165, 1.54) is 25.8 Å². The van der Waals surface area contributed by atoms with Gasteiger partial charge in [-0.3, -0.25) is 0 Å². The minimum Gasteiger partial charge on any atom is -0.384 e. The summed E-state index contributed by atoms with van der Waals surface area (Å²) in [6.45, 7) is 5.48. The third kappa shape index (κ3) is 2.80. The second kappa shape index (κ2) is 4.07. The van der Waals surface area contributed by atoms with E-state index in [9.17, 15) is 0 Å². The Balaban J connectivity index is 2.38. The van der Waals surface area contributed by atoms with Gasteiger partial charge < -0.3 is 10.1 Å². The van der Waals surface area contributed by atoms with Crippen LogP contribution in [0.3, 0.4) is 0 Å². The van der Waals surface area contributed by atoms with E-state index in [0.29, 0.717) is 5.41 Å². The molecule has 1 saturated heterocycles. The first-order valence-electron chi connectivity index (χ1n) is 4.46. The van der Waals surface area contributed by atoms with Gasteiger partial charge in [0, 0.05) is 19.1 Å². The summed E-state index contributed by atoms with van der Waals surface area (Å²) >= 11 is 0. The lowest BCUT2D eigenvalue weighted by molar-refractivity contribution is 0.0883. The normalized spacial score (nSPS) is 33.3. The van der Waals surface area contributed by atoms with Gasteiger partial charge in [0.2, 0.25) is 0 Å². The van der Waals surface area contributed by atoms with E-state index in [1.54, 1.807) is 7.11 Å². The smallest absolute Gasteiger partial charge is 0.0528 e. The van der Waals surface area contributed by atoms with Gasteiger partial charge in [-0.15, -0.1) is 0 Å². The highest BCUT2D eigenvalue weighted by atomic mass is 16.5. The molecular weight excluding hydrogens is 138 g/mol. The van der Waals surface area contributed by atoms with E-state index in [1.807, 2.05) is 0 Å². The standard InChI is InChI=1S/C9H19NO/c1-9(8-11-2)5-3-4-6-10-7-9/h10H,3-8H2,1-2H3. The van der Waals surface area contributed by atoms with Crippen molar-refractivity contribution in [1.82, 2.24) is 5.32 Å². The van der Waals surface area contributed by atoms with Crippen molar-refractivity contribution in [3.63, 3.8) is 0 Å². The zero-order valence-corrected chi connectivity index (χ0v) is 7.65. The first-order chi connectivity index (χ1) is 5.27. The quantitative estimate of drug-likeness (QED) is 0.654. The molecule has 0 spiro atoms. The molecule has 1 fully saturated rings. The van der Waals surface area contributed by atoms with E-state index >= 15 is 0 Å². The van der Waals surface area contributed by atoms with Crippen LogP contribution in [0.25, 0.3) is 0 Å². The Morgan fingerprint density at radius 1 is 1.45 bits per heavy atom. The molecule has 1 rings (SSSR count). The van der Waals surface area contributed by atoms with Crippen LogP contribution in [0.2, 0.25) is 0 Å². The second-order valence-corrected chi connectivity index (χ2v) is 3.88. The molecule has 0 aromatic carbocycles. The molecule has 0 bridgehead atoms. The number of hydrogen-bond acceptors (Lipinski definition) is 2. The van der Waals surface area contributed by atoms with Crippen molar-refractivity contribution >= 4 is 0 Å². The SMILES string of the molecule is COCC1(C)CCCCNC1. The van der Waals surface area contributed by atoms with Gasteiger partial charge in [-0.25, -0.2) is 0 Å². The zero-order chi connectivity index (χ0) is 8.16. The van der Waals surface area contributed by atoms with Crippen molar-refractivity contribution in [3.05, 3.63) is 0 Å². The molecule has 66 valence electrons. The van der Waals surface area contributed by atoms with E-state index < -0.39 is 0 Å². The summed E-state index contributed by atoms with van der Waals surface area (Å²) in [6, 6.07) is 0. The summed E-state index contributed by atoms with van der Waals surface area (Å²) < 4.78 is 5.20. The monoisotopic (exact) mass is 157 g/mol. The van der Waals surface area contributed by atoms with Crippen LogP contribution < -0.4 is 5.32 Å². The molecule has 2 nitrogen and oxygen atoms in total. The lowest BCUT2D eigenvalue weighted by Crippen LogP contribution is -2.33. The summed E-state index contributed by atoms with van der Waals surface area (Å²) in [6.07, 6.45) is 3.96. The van der Waals surface area contributed by atoms with Crippen molar-refractivity contribution in [2.45, 2.75) is 26.2 Å². The van der Waals surface area contributed by atoms with Crippen LogP contribution in [0.4, 0.5) is 0 Å². The van der Waals surface area contributed by atoms with Gasteiger partial charge in [-0.2, -0.15) is 0 Å². The highest BCUT2D eigenvalue weighted by Gasteiger charge is 2.24. The van der Waals surface area contributed by atoms with E-state index in [0.717, 1.165) is 13.2 Å². The maximum Gasteiger partial charge on any atom is 0.0528 e. The average Bonchev–Trinajstić information content (AvgIpc) is 2.15. The van der Waals surface area contributed by atoms with E-state index in [4.69, 9.17) is 4.74 Å². The van der Waals surface area contributed by atoms with Crippen LogP contribution in [0.1, 0.15) is 26.2 Å². The highest BCUT2D eigenvalue weighted by molar-refractivity contribution is 4.79. The summed E-state index contributed by atoms with van der Waals surface area (Å²) in [4.78, 5) is 0. The molecule has 1 aliphatic rings. The molecule has 1 atom stereocenters. The van der Waals surface area contributed by atoms with Gasteiger partial charge in [-0.1, -0.05) is 13.3 Å². The molecule has 0 saturated carbocycles. The van der Waals surface area contributed by atoms with E-state index in [-0.39, 0.29) is 0 Å². The van der Waals surface area contributed by atoms with E-state index in [2.05, 4.69) is 12.2 Å². The number of ether oxygens (including phenoxy) is 1. The molecular formula is C9H19NO. The minimum absolute atomic E-state index is 0.380. The van der Waals surface area contributed by atoms with Gasteiger partial charge in [-0.05, 0) is 19.4 Å². The number of methoxy groups -OCH3 is 1. The van der Waals surface area contributed by atoms with Gasteiger partial charge in [0.15, 0.2) is 0 Å². The lowest BCUT2D eigenvalue weighted by Gasteiger charge is -2.26. The van der Waals surface area contributed by atoms with Crippen LogP contribution in [0.5, 0.6) is 0 Å². The van der Waals surface area contributed by atoms with Gasteiger partial charge in [0.05, 0.1) is 6.61 Å². The minimum atomic E-state index is 0.380. The summed E-state index contributed by atoms with van der Waals surface area (Å²) in [5.74, 6) is 0.